The smallest absolute Gasteiger partial charge is 0.408 e. The van der Waals surface area contributed by atoms with Crippen LogP contribution in [0.25, 0.3) is 0 Å². The predicted molar refractivity (Wildman–Crippen MR) is 151 cm³/mol. The van der Waals surface area contributed by atoms with E-state index in [2.05, 4.69) is 10.6 Å². The Balaban J connectivity index is 2.59. The third-order valence-electron chi connectivity index (χ3n) is 6.14. The molecule has 0 aromatic heterocycles. The number of nitrogens with one attached hydrogen (secondary N) is 2. The Kier molecular flexibility index (Phi) is 10.9. The lowest BCUT2D eigenvalue weighted by Crippen LogP contribution is -2.55. The second-order valence-corrected chi connectivity index (χ2v) is 10.5. The van der Waals surface area contributed by atoms with E-state index in [-0.39, 0.29) is 5.75 Å². The number of anilines is 1. The van der Waals surface area contributed by atoms with Crippen molar-refractivity contribution < 1.29 is 33.8 Å². The van der Waals surface area contributed by atoms with Crippen molar-refractivity contribution in [2.75, 3.05) is 12.4 Å². The molecule has 3 atom stereocenters. The van der Waals surface area contributed by atoms with Crippen LogP contribution in [0.4, 0.5) is 10.5 Å². The summed E-state index contributed by atoms with van der Waals surface area (Å²) in [7, 11) is 1.53. The van der Waals surface area contributed by atoms with Gasteiger partial charge < -0.3 is 35.8 Å². The fraction of sp³-hybridized carbons (Fsp3) is 0.448. The molecule has 2 aromatic rings. The number of carbonyl (C=O) groups is 4. The second-order valence-electron chi connectivity index (χ2n) is 10.5. The Labute approximate surface area is 235 Å². The predicted octanol–water partition coefficient (Wildman–Crippen LogP) is 3.78. The first-order chi connectivity index (χ1) is 18.7. The number of phenols is 1. The fourth-order valence-electron chi connectivity index (χ4n) is 4.00. The molecule has 0 aliphatic carbocycles. The average molecular weight is 557 g/mol. The minimum Gasteiger partial charge on any atom is -0.508 e. The molecule has 4 amide bonds. The van der Waals surface area contributed by atoms with E-state index in [4.69, 9.17) is 15.2 Å². The summed E-state index contributed by atoms with van der Waals surface area (Å²) in [5.74, 6) is -1.43. The van der Waals surface area contributed by atoms with E-state index in [0.29, 0.717) is 29.0 Å². The van der Waals surface area contributed by atoms with Gasteiger partial charge in [-0.1, -0.05) is 13.0 Å². The van der Waals surface area contributed by atoms with Crippen LogP contribution in [-0.4, -0.2) is 58.6 Å². The molecule has 5 N–H and O–H groups in total. The van der Waals surface area contributed by atoms with Crippen LogP contribution in [0.3, 0.4) is 0 Å². The fourth-order valence-corrected chi connectivity index (χ4v) is 4.00. The molecule has 40 heavy (non-hydrogen) atoms. The third-order valence-corrected chi connectivity index (χ3v) is 6.14. The standard InChI is InChI=1S/C29H40N4O7/c1-8-18(3)33(27(37)22(16-24(30)35)32-28(38)40-29(4,5)6)25(19-9-14-23(34)17(2)15-19)26(36)31-20-10-12-21(39-7)13-11-20/h9-15,18,22,25,34H,8,16H2,1-7H3,(H2,30,35)(H,31,36)(H,32,38). The van der Waals surface area contributed by atoms with E-state index in [0.717, 1.165) is 0 Å². The van der Waals surface area contributed by atoms with Crippen LogP contribution in [0, 0.1) is 6.92 Å². The zero-order valence-corrected chi connectivity index (χ0v) is 24.1. The van der Waals surface area contributed by atoms with E-state index in [1.165, 1.54) is 18.1 Å². The van der Waals surface area contributed by atoms with Crippen molar-refractivity contribution in [2.45, 2.75) is 78.1 Å². The third kappa shape index (κ3) is 8.89. The second kappa shape index (κ2) is 13.7. The van der Waals surface area contributed by atoms with E-state index in [1.807, 2.05) is 6.92 Å². The summed E-state index contributed by atoms with van der Waals surface area (Å²) in [5.41, 5.74) is 5.96. The van der Waals surface area contributed by atoms with Crippen LogP contribution in [0.15, 0.2) is 42.5 Å². The zero-order valence-electron chi connectivity index (χ0n) is 24.1. The maximum absolute atomic E-state index is 14.1. The number of aryl methyl sites for hydroxylation is 1. The molecule has 11 nitrogen and oxygen atoms in total. The summed E-state index contributed by atoms with van der Waals surface area (Å²) in [6.07, 6.45) is -0.965. The Morgan fingerprint density at radius 2 is 1.70 bits per heavy atom. The number of benzene rings is 2. The number of primary amides is 1. The van der Waals surface area contributed by atoms with Crippen molar-refractivity contribution in [3.8, 4) is 11.5 Å². The van der Waals surface area contributed by atoms with Crippen molar-refractivity contribution in [1.82, 2.24) is 10.2 Å². The number of nitrogens with zero attached hydrogens (tertiary/aromatic N) is 1. The summed E-state index contributed by atoms with van der Waals surface area (Å²) in [5, 5.41) is 15.4. The molecule has 0 saturated carbocycles. The topological polar surface area (TPSA) is 160 Å². The van der Waals surface area contributed by atoms with Gasteiger partial charge in [0, 0.05) is 11.7 Å². The number of aromatic hydroxyl groups is 1. The number of nitrogens with two attached hydrogens (primary N) is 1. The van der Waals surface area contributed by atoms with E-state index >= 15 is 0 Å². The molecule has 0 spiro atoms. The van der Waals surface area contributed by atoms with E-state index in [9.17, 15) is 24.3 Å². The van der Waals surface area contributed by atoms with Gasteiger partial charge in [-0.05, 0) is 88.6 Å². The number of phenolic OH excluding ortho intramolecular Hbond substituents is 1. The zero-order chi connectivity index (χ0) is 30.2. The summed E-state index contributed by atoms with van der Waals surface area (Å²) in [6.45, 7) is 10.3. The number of carbonyl (C=O) groups excluding carboxylic acids is 4. The van der Waals surface area contributed by atoms with Gasteiger partial charge in [0.2, 0.25) is 11.8 Å². The molecular formula is C29H40N4O7. The van der Waals surface area contributed by atoms with Crippen LogP contribution in [-0.2, 0) is 19.1 Å². The largest absolute Gasteiger partial charge is 0.508 e. The monoisotopic (exact) mass is 556 g/mol. The quantitative estimate of drug-likeness (QED) is 0.327. The van der Waals surface area contributed by atoms with Gasteiger partial charge in [-0.25, -0.2) is 4.79 Å². The Bertz CT molecular complexity index is 1210. The van der Waals surface area contributed by atoms with Crippen molar-refractivity contribution in [1.29, 1.82) is 0 Å². The summed E-state index contributed by atoms with van der Waals surface area (Å²) in [4.78, 5) is 53.8. The first-order valence-electron chi connectivity index (χ1n) is 13.0. The maximum Gasteiger partial charge on any atom is 0.408 e. The number of ether oxygens (including phenoxy) is 2. The Hall–Kier alpha value is -4.28. The molecule has 3 unspecified atom stereocenters. The van der Waals surface area contributed by atoms with Gasteiger partial charge in [-0.15, -0.1) is 0 Å². The molecule has 2 aromatic carbocycles. The maximum atomic E-state index is 14.1. The van der Waals surface area contributed by atoms with Crippen molar-refractivity contribution in [2.24, 2.45) is 5.73 Å². The number of alkyl carbamates (subject to hydrolysis) is 1. The molecule has 0 aliphatic heterocycles. The van der Waals surface area contributed by atoms with E-state index < -0.39 is 54.0 Å². The van der Waals surface area contributed by atoms with Crippen LogP contribution in [0.2, 0.25) is 0 Å². The summed E-state index contributed by atoms with van der Waals surface area (Å²) < 4.78 is 10.5. The Morgan fingerprint density at radius 1 is 1.07 bits per heavy atom. The van der Waals surface area contributed by atoms with Gasteiger partial charge in [-0.2, -0.15) is 0 Å². The molecule has 0 fully saturated rings. The van der Waals surface area contributed by atoms with E-state index in [1.54, 1.807) is 71.0 Å². The SMILES string of the molecule is CCC(C)N(C(=O)C(CC(N)=O)NC(=O)OC(C)(C)C)C(C(=O)Nc1ccc(OC)cc1)c1ccc(O)c(C)c1. The molecule has 0 aliphatic rings. The molecule has 0 saturated heterocycles. The normalized spacial score (nSPS) is 13.4. The minimum atomic E-state index is -1.39. The van der Waals surface area contributed by atoms with Crippen molar-refractivity contribution in [3.05, 3.63) is 53.6 Å². The van der Waals surface area contributed by atoms with Crippen LogP contribution >= 0.6 is 0 Å². The van der Waals surface area contributed by atoms with Crippen molar-refractivity contribution in [3.63, 3.8) is 0 Å². The lowest BCUT2D eigenvalue weighted by molar-refractivity contribution is -0.144. The lowest BCUT2D eigenvalue weighted by Gasteiger charge is -2.38. The van der Waals surface area contributed by atoms with Gasteiger partial charge in [0.15, 0.2) is 0 Å². The van der Waals surface area contributed by atoms with Crippen LogP contribution in [0.5, 0.6) is 11.5 Å². The highest BCUT2D eigenvalue weighted by Crippen LogP contribution is 2.31. The van der Waals surface area contributed by atoms with Gasteiger partial charge >= 0.3 is 6.09 Å². The van der Waals surface area contributed by atoms with Crippen LogP contribution < -0.4 is 21.1 Å². The molecule has 218 valence electrons. The minimum absolute atomic E-state index is 0.0256. The van der Waals surface area contributed by atoms with Gasteiger partial charge in [0.25, 0.3) is 5.91 Å². The number of hydrogen-bond donors (Lipinski definition) is 4. The number of amides is 4. The summed E-state index contributed by atoms with van der Waals surface area (Å²) in [6, 6.07) is 8.18. The highest BCUT2D eigenvalue weighted by atomic mass is 16.6. The highest BCUT2D eigenvalue weighted by Gasteiger charge is 2.39. The molecule has 11 heteroatoms. The molecule has 0 heterocycles. The van der Waals surface area contributed by atoms with Gasteiger partial charge in [0.05, 0.1) is 13.5 Å². The van der Waals surface area contributed by atoms with Gasteiger partial charge in [-0.3, -0.25) is 14.4 Å². The van der Waals surface area contributed by atoms with Crippen LogP contribution in [0.1, 0.15) is 64.6 Å². The first kappa shape index (κ1) is 31.9. The van der Waals surface area contributed by atoms with Crippen molar-refractivity contribution >= 4 is 29.5 Å². The Morgan fingerprint density at radius 3 is 2.20 bits per heavy atom. The number of hydrogen-bond acceptors (Lipinski definition) is 7. The summed E-state index contributed by atoms with van der Waals surface area (Å²) >= 11 is 0. The molecule has 2 rings (SSSR count). The molecular weight excluding hydrogens is 516 g/mol. The number of rotatable bonds is 11. The molecule has 0 radical (unpaired) electrons. The first-order valence-corrected chi connectivity index (χ1v) is 13.0. The highest BCUT2D eigenvalue weighted by molar-refractivity contribution is 6.00. The average Bonchev–Trinajstić information content (AvgIpc) is 2.86. The molecule has 0 bridgehead atoms. The number of methoxy groups -OCH3 is 1. The lowest BCUT2D eigenvalue weighted by atomic mass is 9.97. The van der Waals surface area contributed by atoms with Gasteiger partial charge in [0.1, 0.15) is 29.2 Å².